The summed E-state index contributed by atoms with van der Waals surface area (Å²) in [6.45, 7) is 5.59. The molecule has 0 amide bonds. The van der Waals surface area contributed by atoms with Crippen LogP contribution in [0.3, 0.4) is 0 Å². The second-order valence-electron chi connectivity index (χ2n) is 2.71. The predicted molar refractivity (Wildman–Crippen MR) is 57.6 cm³/mol. The molecule has 2 nitrogen and oxygen atoms in total. The van der Waals surface area contributed by atoms with Gasteiger partial charge in [0.25, 0.3) is 0 Å². The molecule has 68 valence electrons. The molecule has 1 rings (SSSR count). The highest BCUT2D eigenvalue weighted by Crippen LogP contribution is 1.97. The number of benzene rings is 1. The van der Waals surface area contributed by atoms with E-state index in [0.717, 1.165) is 22.6 Å². The van der Waals surface area contributed by atoms with Crippen molar-refractivity contribution >= 4 is 18.6 Å². The van der Waals surface area contributed by atoms with Gasteiger partial charge in [-0.25, -0.2) is 0 Å². The summed E-state index contributed by atoms with van der Waals surface area (Å²) in [6.07, 6.45) is 2.46. The van der Waals surface area contributed by atoms with Gasteiger partial charge in [-0.15, -0.1) is 0 Å². The van der Waals surface area contributed by atoms with Crippen LogP contribution in [0, 0.1) is 0 Å². The van der Waals surface area contributed by atoms with E-state index in [-0.39, 0.29) is 0 Å². The average molecular weight is 174 g/mol. The van der Waals surface area contributed by atoms with Gasteiger partial charge in [0.2, 0.25) is 0 Å². The molecule has 0 saturated heterocycles. The van der Waals surface area contributed by atoms with Crippen LogP contribution in [-0.2, 0) is 0 Å². The SMILES string of the molecule is C=N/C(CC)=c1/cccc/c1=C/N. The second kappa shape index (κ2) is 4.45. The van der Waals surface area contributed by atoms with Crippen molar-refractivity contribution in [3.63, 3.8) is 0 Å². The van der Waals surface area contributed by atoms with Crippen LogP contribution in [-0.4, -0.2) is 6.72 Å². The molecule has 2 heteroatoms. The summed E-state index contributed by atoms with van der Waals surface area (Å²) in [4.78, 5) is 3.98. The van der Waals surface area contributed by atoms with Crippen LogP contribution in [0.1, 0.15) is 13.3 Å². The molecule has 0 heterocycles. The van der Waals surface area contributed by atoms with Crippen molar-refractivity contribution in [3.8, 4) is 0 Å². The molecule has 0 spiro atoms. The molecule has 0 atom stereocenters. The molecular weight excluding hydrogens is 160 g/mol. The molecule has 0 aliphatic rings. The Balaban J connectivity index is 3.61. The first-order valence-electron chi connectivity index (χ1n) is 4.30. The Hall–Kier alpha value is -1.57. The molecule has 1 aromatic rings. The summed E-state index contributed by atoms with van der Waals surface area (Å²) in [5.74, 6) is 0. The van der Waals surface area contributed by atoms with Crippen molar-refractivity contribution in [2.45, 2.75) is 13.3 Å². The lowest BCUT2D eigenvalue weighted by Crippen LogP contribution is -2.27. The Morgan fingerprint density at radius 3 is 2.77 bits per heavy atom. The van der Waals surface area contributed by atoms with Crippen LogP contribution in [0.4, 0.5) is 0 Å². The van der Waals surface area contributed by atoms with E-state index in [1.54, 1.807) is 6.20 Å². The van der Waals surface area contributed by atoms with Gasteiger partial charge in [-0.2, -0.15) is 0 Å². The highest BCUT2D eigenvalue weighted by Gasteiger charge is 1.91. The highest BCUT2D eigenvalue weighted by molar-refractivity contribution is 5.51. The largest absolute Gasteiger partial charge is 0.404 e. The van der Waals surface area contributed by atoms with Gasteiger partial charge in [-0.1, -0.05) is 31.2 Å². The molecule has 0 unspecified atom stereocenters. The Morgan fingerprint density at radius 2 is 2.23 bits per heavy atom. The minimum absolute atomic E-state index is 0.869. The fourth-order valence-electron chi connectivity index (χ4n) is 1.29. The van der Waals surface area contributed by atoms with E-state index >= 15 is 0 Å². The van der Waals surface area contributed by atoms with E-state index in [0.29, 0.717) is 0 Å². The molecule has 0 radical (unpaired) electrons. The molecule has 2 N–H and O–H groups in total. The van der Waals surface area contributed by atoms with E-state index in [2.05, 4.69) is 18.6 Å². The monoisotopic (exact) mass is 174 g/mol. The van der Waals surface area contributed by atoms with Crippen LogP contribution in [0.5, 0.6) is 0 Å². The van der Waals surface area contributed by atoms with E-state index in [9.17, 15) is 0 Å². The van der Waals surface area contributed by atoms with Crippen molar-refractivity contribution in [2.75, 3.05) is 0 Å². The van der Waals surface area contributed by atoms with Gasteiger partial charge in [0.15, 0.2) is 0 Å². The smallest absolute Gasteiger partial charge is 0.0472 e. The maximum Gasteiger partial charge on any atom is 0.0472 e. The predicted octanol–water partition coefficient (Wildman–Crippen LogP) is 0.602. The first kappa shape index (κ1) is 9.52. The van der Waals surface area contributed by atoms with Crippen LogP contribution >= 0.6 is 0 Å². The van der Waals surface area contributed by atoms with Crippen molar-refractivity contribution < 1.29 is 0 Å². The van der Waals surface area contributed by atoms with Gasteiger partial charge in [-0.3, -0.25) is 4.99 Å². The van der Waals surface area contributed by atoms with Crippen molar-refractivity contribution in [1.82, 2.24) is 0 Å². The number of nitrogens with two attached hydrogens (primary N) is 1. The number of hydrogen-bond acceptors (Lipinski definition) is 2. The van der Waals surface area contributed by atoms with Crippen LogP contribution in [0.25, 0.3) is 11.9 Å². The fourth-order valence-corrected chi connectivity index (χ4v) is 1.29. The maximum absolute atomic E-state index is 5.50. The minimum Gasteiger partial charge on any atom is -0.404 e. The molecule has 0 saturated carbocycles. The van der Waals surface area contributed by atoms with Crippen molar-refractivity contribution in [1.29, 1.82) is 0 Å². The Bertz CT molecular complexity index is 404. The molecule has 0 aromatic heterocycles. The number of nitrogens with zero attached hydrogens (tertiary/aromatic N) is 1. The first-order chi connectivity index (χ1) is 6.33. The molecule has 13 heavy (non-hydrogen) atoms. The topological polar surface area (TPSA) is 38.4 Å². The third-order valence-corrected chi connectivity index (χ3v) is 1.98. The Kier molecular flexibility index (Phi) is 3.26. The van der Waals surface area contributed by atoms with Crippen molar-refractivity contribution in [2.24, 2.45) is 10.7 Å². The quantitative estimate of drug-likeness (QED) is 0.655. The maximum atomic E-state index is 5.50. The van der Waals surface area contributed by atoms with E-state index in [1.165, 1.54) is 0 Å². The average Bonchev–Trinajstić information content (AvgIpc) is 2.20. The minimum atomic E-state index is 0.869. The highest BCUT2D eigenvalue weighted by atomic mass is 14.7. The second-order valence-corrected chi connectivity index (χ2v) is 2.71. The number of aliphatic imine (C=N–C) groups is 1. The molecule has 0 aliphatic carbocycles. The lowest BCUT2D eigenvalue weighted by Gasteiger charge is -1.96. The summed E-state index contributed by atoms with van der Waals surface area (Å²) < 4.78 is 0. The first-order valence-corrected chi connectivity index (χ1v) is 4.30. The Labute approximate surface area is 78.1 Å². The third-order valence-electron chi connectivity index (χ3n) is 1.98. The standard InChI is InChI=1S/C11H14N2/c1-3-11(13-2)10-7-5-4-6-9(10)8-12/h4-8H,2-3,12H2,1H3/b9-8-,11-10-. The molecular formula is C11H14N2. The third kappa shape index (κ3) is 1.96. The van der Waals surface area contributed by atoms with Gasteiger partial charge in [-0.05, 0) is 18.4 Å². The van der Waals surface area contributed by atoms with E-state index in [4.69, 9.17) is 5.73 Å². The lowest BCUT2D eigenvalue weighted by atomic mass is 10.2. The van der Waals surface area contributed by atoms with Gasteiger partial charge >= 0.3 is 0 Å². The number of hydrogen-bond donors (Lipinski definition) is 1. The zero-order valence-corrected chi connectivity index (χ0v) is 7.83. The summed E-state index contributed by atoms with van der Waals surface area (Å²) in [5.41, 5.74) is 6.48. The van der Waals surface area contributed by atoms with E-state index < -0.39 is 0 Å². The van der Waals surface area contributed by atoms with Crippen LogP contribution in [0.15, 0.2) is 29.3 Å². The van der Waals surface area contributed by atoms with Crippen LogP contribution in [0.2, 0.25) is 0 Å². The Morgan fingerprint density at radius 1 is 1.54 bits per heavy atom. The molecule has 0 bridgehead atoms. The fraction of sp³-hybridized carbons (Fsp3) is 0.182. The molecule has 0 fully saturated rings. The van der Waals surface area contributed by atoms with Gasteiger partial charge in [0.1, 0.15) is 0 Å². The summed E-state index contributed by atoms with van der Waals surface area (Å²) >= 11 is 0. The van der Waals surface area contributed by atoms with Gasteiger partial charge in [0.05, 0.1) is 0 Å². The zero-order chi connectivity index (χ0) is 9.68. The zero-order valence-electron chi connectivity index (χ0n) is 7.83. The number of rotatable bonds is 2. The van der Waals surface area contributed by atoms with Gasteiger partial charge < -0.3 is 5.73 Å². The van der Waals surface area contributed by atoms with Crippen LogP contribution < -0.4 is 16.2 Å². The lowest BCUT2D eigenvalue weighted by molar-refractivity contribution is 1.18. The summed E-state index contributed by atoms with van der Waals surface area (Å²) in [7, 11) is 0. The van der Waals surface area contributed by atoms with E-state index in [1.807, 2.05) is 24.3 Å². The molecule has 1 aromatic carbocycles. The summed E-state index contributed by atoms with van der Waals surface area (Å²) in [6, 6.07) is 7.91. The van der Waals surface area contributed by atoms with Gasteiger partial charge in [0, 0.05) is 17.1 Å². The molecule has 0 aliphatic heterocycles. The van der Waals surface area contributed by atoms with Crippen molar-refractivity contribution in [3.05, 3.63) is 34.7 Å². The normalized spacial score (nSPS) is 14.1. The summed E-state index contributed by atoms with van der Waals surface area (Å²) in [5, 5.41) is 2.08.